The van der Waals surface area contributed by atoms with E-state index in [2.05, 4.69) is 15.0 Å². The van der Waals surface area contributed by atoms with Gasteiger partial charge in [0.25, 0.3) is 0 Å². The highest BCUT2D eigenvalue weighted by molar-refractivity contribution is 5.83. The summed E-state index contributed by atoms with van der Waals surface area (Å²) in [6.07, 6.45) is 3.02. The average molecular weight is 292 g/mol. The Hall–Kier alpha value is -1.77. The zero-order valence-corrected chi connectivity index (χ0v) is 12.1. The lowest BCUT2D eigenvalue weighted by molar-refractivity contribution is 0.113. The Bertz CT molecular complexity index is 643. The first-order valence-corrected chi connectivity index (χ1v) is 6.94. The van der Waals surface area contributed by atoms with Crippen LogP contribution in [0.25, 0.3) is 11.2 Å². The van der Waals surface area contributed by atoms with Crippen LogP contribution in [0.5, 0.6) is 0 Å². The molecule has 114 valence electrons. The number of aromatic nitrogens is 4. The summed E-state index contributed by atoms with van der Waals surface area (Å²) in [5.74, 6) is 0.617. The van der Waals surface area contributed by atoms with E-state index in [0.717, 1.165) is 5.82 Å². The van der Waals surface area contributed by atoms with E-state index in [9.17, 15) is 10.2 Å². The SMILES string of the molecule is CN(C)c1ncnc2c1ncn2[C@@H]1C[C@H](CO)[C@H](N)[C@@H]1O. The Morgan fingerprint density at radius 3 is 2.76 bits per heavy atom. The van der Waals surface area contributed by atoms with Gasteiger partial charge in [-0.2, -0.15) is 0 Å². The van der Waals surface area contributed by atoms with Crippen molar-refractivity contribution in [2.24, 2.45) is 11.7 Å². The van der Waals surface area contributed by atoms with Crippen LogP contribution in [0.3, 0.4) is 0 Å². The molecule has 0 bridgehead atoms. The normalized spacial score (nSPS) is 29.2. The third kappa shape index (κ3) is 2.15. The fraction of sp³-hybridized carbons (Fsp3) is 0.615. The Morgan fingerprint density at radius 1 is 1.38 bits per heavy atom. The first-order chi connectivity index (χ1) is 10.0. The smallest absolute Gasteiger partial charge is 0.165 e. The molecule has 0 unspecified atom stereocenters. The first kappa shape index (κ1) is 14.2. The van der Waals surface area contributed by atoms with Crippen molar-refractivity contribution in [1.29, 1.82) is 0 Å². The molecule has 2 aromatic heterocycles. The van der Waals surface area contributed by atoms with E-state index in [1.165, 1.54) is 6.33 Å². The summed E-state index contributed by atoms with van der Waals surface area (Å²) in [7, 11) is 3.78. The second-order valence-corrected chi connectivity index (χ2v) is 5.73. The Balaban J connectivity index is 2.04. The second kappa shape index (κ2) is 5.21. The lowest BCUT2D eigenvalue weighted by Crippen LogP contribution is -2.38. The first-order valence-electron chi connectivity index (χ1n) is 6.94. The molecule has 8 heteroatoms. The van der Waals surface area contributed by atoms with Crippen molar-refractivity contribution in [1.82, 2.24) is 19.5 Å². The van der Waals surface area contributed by atoms with E-state index in [0.29, 0.717) is 17.6 Å². The lowest BCUT2D eigenvalue weighted by atomic mass is 10.1. The number of hydrogen-bond acceptors (Lipinski definition) is 7. The number of nitrogens with two attached hydrogens (primary N) is 1. The number of anilines is 1. The van der Waals surface area contributed by atoms with Gasteiger partial charge in [-0.15, -0.1) is 0 Å². The standard InChI is InChI=1S/C13H20N6O2/c1-18(2)12-10-13(16-5-15-12)19(6-17-10)8-3-7(4-20)9(14)11(8)21/h5-9,11,20-21H,3-4,14H2,1-2H3/t7-,8-,9+,11-/m1/s1. The predicted molar refractivity (Wildman–Crippen MR) is 77.9 cm³/mol. The summed E-state index contributed by atoms with van der Waals surface area (Å²) in [6, 6.07) is -0.667. The third-order valence-corrected chi connectivity index (χ3v) is 4.23. The Labute approximate surface area is 122 Å². The molecule has 2 heterocycles. The fourth-order valence-corrected chi connectivity index (χ4v) is 3.03. The fourth-order valence-electron chi connectivity index (χ4n) is 3.03. The van der Waals surface area contributed by atoms with E-state index < -0.39 is 12.1 Å². The molecule has 0 radical (unpaired) electrons. The maximum absolute atomic E-state index is 10.3. The van der Waals surface area contributed by atoms with Crippen LogP contribution in [0.15, 0.2) is 12.7 Å². The lowest BCUT2D eigenvalue weighted by Gasteiger charge is -2.19. The number of nitrogens with zero attached hydrogens (tertiary/aromatic N) is 5. The van der Waals surface area contributed by atoms with Gasteiger partial charge in [-0.1, -0.05) is 0 Å². The molecule has 21 heavy (non-hydrogen) atoms. The molecule has 3 rings (SSSR count). The molecular formula is C13H20N6O2. The van der Waals surface area contributed by atoms with E-state index in [-0.39, 0.29) is 18.6 Å². The van der Waals surface area contributed by atoms with Gasteiger partial charge >= 0.3 is 0 Å². The van der Waals surface area contributed by atoms with Crippen molar-refractivity contribution >= 4 is 17.0 Å². The molecule has 0 amide bonds. The van der Waals surface area contributed by atoms with Crippen molar-refractivity contribution in [2.75, 3.05) is 25.6 Å². The molecule has 1 saturated carbocycles. The minimum Gasteiger partial charge on any atom is -0.396 e. The van der Waals surface area contributed by atoms with Gasteiger partial charge in [0.1, 0.15) is 6.33 Å². The highest BCUT2D eigenvalue weighted by atomic mass is 16.3. The minimum absolute atomic E-state index is 0.0285. The van der Waals surface area contributed by atoms with E-state index in [1.54, 1.807) is 6.33 Å². The van der Waals surface area contributed by atoms with Crippen LogP contribution in [0.1, 0.15) is 12.5 Å². The van der Waals surface area contributed by atoms with E-state index in [1.807, 2.05) is 23.6 Å². The number of aliphatic hydroxyl groups excluding tert-OH is 2. The van der Waals surface area contributed by atoms with Gasteiger partial charge in [0.15, 0.2) is 17.0 Å². The molecule has 2 aromatic rings. The van der Waals surface area contributed by atoms with Crippen LogP contribution in [-0.2, 0) is 0 Å². The van der Waals surface area contributed by atoms with Gasteiger partial charge < -0.3 is 25.4 Å². The van der Waals surface area contributed by atoms with Crippen LogP contribution in [-0.4, -0.2) is 62.6 Å². The van der Waals surface area contributed by atoms with Gasteiger partial charge in [0, 0.05) is 32.7 Å². The number of fused-ring (bicyclic) bond motifs is 1. The molecule has 4 atom stereocenters. The van der Waals surface area contributed by atoms with Crippen molar-refractivity contribution in [2.45, 2.75) is 24.6 Å². The summed E-state index contributed by atoms with van der Waals surface area (Å²) < 4.78 is 1.84. The Morgan fingerprint density at radius 2 is 2.14 bits per heavy atom. The van der Waals surface area contributed by atoms with Crippen molar-refractivity contribution < 1.29 is 10.2 Å². The Kier molecular flexibility index (Phi) is 3.52. The highest BCUT2D eigenvalue weighted by Gasteiger charge is 2.41. The third-order valence-electron chi connectivity index (χ3n) is 4.23. The van der Waals surface area contributed by atoms with Crippen molar-refractivity contribution in [3.05, 3.63) is 12.7 Å². The maximum atomic E-state index is 10.3. The maximum Gasteiger partial charge on any atom is 0.165 e. The summed E-state index contributed by atoms with van der Waals surface area (Å²) in [4.78, 5) is 14.8. The van der Waals surface area contributed by atoms with E-state index >= 15 is 0 Å². The van der Waals surface area contributed by atoms with Crippen LogP contribution >= 0.6 is 0 Å². The molecular weight excluding hydrogens is 272 g/mol. The van der Waals surface area contributed by atoms with Gasteiger partial charge in [-0.05, 0) is 6.42 Å². The van der Waals surface area contributed by atoms with Gasteiger partial charge in [-0.25, -0.2) is 15.0 Å². The van der Waals surface area contributed by atoms with Crippen LogP contribution in [0.4, 0.5) is 5.82 Å². The quantitative estimate of drug-likeness (QED) is 0.674. The number of aliphatic hydroxyl groups is 2. The van der Waals surface area contributed by atoms with Crippen LogP contribution < -0.4 is 10.6 Å². The van der Waals surface area contributed by atoms with Gasteiger partial charge in [-0.3, -0.25) is 0 Å². The zero-order chi connectivity index (χ0) is 15.1. The molecule has 0 saturated heterocycles. The second-order valence-electron chi connectivity index (χ2n) is 5.73. The van der Waals surface area contributed by atoms with Crippen LogP contribution in [0.2, 0.25) is 0 Å². The topological polar surface area (TPSA) is 113 Å². The van der Waals surface area contributed by atoms with Gasteiger partial charge in [0.2, 0.25) is 0 Å². The number of rotatable bonds is 3. The van der Waals surface area contributed by atoms with E-state index in [4.69, 9.17) is 5.73 Å². The molecule has 1 fully saturated rings. The minimum atomic E-state index is -0.725. The number of imidazole rings is 1. The average Bonchev–Trinajstić information content (AvgIpc) is 3.01. The van der Waals surface area contributed by atoms with Gasteiger partial charge in [0.05, 0.1) is 18.5 Å². The summed E-state index contributed by atoms with van der Waals surface area (Å²) in [5.41, 5.74) is 7.33. The van der Waals surface area contributed by atoms with Crippen molar-refractivity contribution in [3.63, 3.8) is 0 Å². The highest BCUT2D eigenvalue weighted by Crippen LogP contribution is 2.36. The summed E-state index contributed by atoms with van der Waals surface area (Å²) >= 11 is 0. The number of hydrogen-bond donors (Lipinski definition) is 3. The molecule has 0 aromatic carbocycles. The van der Waals surface area contributed by atoms with Crippen LogP contribution in [0, 0.1) is 5.92 Å². The summed E-state index contributed by atoms with van der Waals surface area (Å²) in [5, 5.41) is 19.7. The van der Waals surface area contributed by atoms with Crippen molar-refractivity contribution in [3.8, 4) is 0 Å². The monoisotopic (exact) mass is 292 g/mol. The largest absolute Gasteiger partial charge is 0.396 e. The molecule has 0 spiro atoms. The molecule has 4 N–H and O–H groups in total. The summed E-state index contributed by atoms with van der Waals surface area (Å²) in [6.45, 7) is -0.0285. The molecule has 0 aliphatic heterocycles. The molecule has 1 aliphatic rings. The molecule has 8 nitrogen and oxygen atoms in total. The predicted octanol–water partition coefficient (Wildman–Crippen LogP) is -0.866. The molecule has 1 aliphatic carbocycles. The zero-order valence-electron chi connectivity index (χ0n) is 12.1.